The zero-order valence-corrected chi connectivity index (χ0v) is 36.7. The van der Waals surface area contributed by atoms with Gasteiger partial charge in [-0.1, -0.05) is 71.9 Å². The van der Waals surface area contributed by atoms with E-state index in [1.165, 1.54) is 9.80 Å². The molecule has 0 saturated carbocycles. The second-order valence-electron chi connectivity index (χ2n) is 17.6. The molecule has 1 aromatic rings. The normalized spacial score (nSPS) is 18.9. The predicted octanol–water partition coefficient (Wildman–Crippen LogP) is 0.754. The number of carbonyl (C=O) groups is 7. The van der Waals surface area contributed by atoms with Gasteiger partial charge in [-0.2, -0.15) is 0 Å². The molecule has 2 aliphatic heterocycles. The van der Waals surface area contributed by atoms with Crippen LogP contribution in [-0.4, -0.2) is 124 Å². The zero-order chi connectivity index (χ0) is 45.4. The molecule has 0 spiro atoms. The molecule has 340 valence electrons. The van der Waals surface area contributed by atoms with Crippen LogP contribution in [0.2, 0.25) is 0 Å². The molecular weight excluding hydrogens is 785 g/mol. The first-order valence-electron chi connectivity index (χ1n) is 21.7. The maximum Gasteiger partial charge on any atom is 0.326 e. The molecule has 11 N–H and O–H groups in total. The van der Waals surface area contributed by atoms with Crippen LogP contribution in [-0.2, 0) is 40.0 Å². The highest BCUT2D eigenvalue weighted by molar-refractivity contribution is 5.97. The number of nitrogens with two attached hydrogens (primary N) is 3. The maximum absolute atomic E-state index is 14.1. The van der Waals surface area contributed by atoms with Crippen LogP contribution in [0.4, 0.5) is 0 Å². The number of rotatable bonds is 23. The van der Waals surface area contributed by atoms with Crippen LogP contribution in [0.3, 0.4) is 0 Å². The highest BCUT2D eigenvalue weighted by Crippen LogP contribution is 2.26. The standard InChI is InChI=1S/C43H70N10O8/c1-25(2)21-31(37(55)48-30(15-10-18-47-43(45)46)36(54)51-33(42(60)61)23-27(5)6)49-38(56)32(22-26(3)4)50-39(57)34-16-11-19-52(34)41(59)35-17-12-20-53(35)40(58)29(44)24-28-13-8-7-9-14-28/h7-9,13-14,25-27,29-35H,10-12,15-24,44H2,1-6H3,(H,48,55)(H,49,56)(H,50,57)(H,51,54)(H,60,61)(H4,45,46,47)/t29-,30-,31-,32-,33-,34-,35-/m0/s1. The number of carboxylic acids is 1. The zero-order valence-electron chi connectivity index (χ0n) is 36.7. The minimum atomic E-state index is -1.21. The lowest BCUT2D eigenvalue weighted by molar-refractivity contribution is -0.147. The Hall–Kier alpha value is -5.26. The van der Waals surface area contributed by atoms with Gasteiger partial charge in [-0.15, -0.1) is 0 Å². The number of aliphatic carboxylic acids is 1. The van der Waals surface area contributed by atoms with E-state index in [1.807, 2.05) is 71.9 Å². The molecule has 0 aliphatic carbocycles. The molecule has 0 radical (unpaired) electrons. The van der Waals surface area contributed by atoms with Crippen molar-refractivity contribution in [1.82, 2.24) is 31.1 Å². The predicted molar refractivity (Wildman–Crippen MR) is 231 cm³/mol. The lowest BCUT2D eigenvalue weighted by Gasteiger charge is -2.33. The fourth-order valence-corrected chi connectivity index (χ4v) is 7.91. The summed E-state index contributed by atoms with van der Waals surface area (Å²) in [6, 6.07) is 2.40. The van der Waals surface area contributed by atoms with Crippen LogP contribution in [0.1, 0.15) is 105 Å². The van der Waals surface area contributed by atoms with Crippen molar-refractivity contribution in [3.63, 3.8) is 0 Å². The molecule has 3 rings (SSSR count). The molecule has 7 atom stereocenters. The number of nitrogens with one attached hydrogen (secondary N) is 4. The molecule has 0 bridgehead atoms. The van der Waals surface area contributed by atoms with Crippen LogP contribution >= 0.6 is 0 Å². The van der Waals surface area contributed by atoms with Gasteiger partial charge in [0.15, 0.2) is 5.96 Å². The van der Waals surface area contributed by atoms with Gasteiger partial charge in [0, 0.05) is 19.6 Å². The number of benzene rings is 1. The number of carboxylic acid groups (broad SMARTS) is 1. The minimum Gasteiger partial charge on any atom is -0.480 e. The Morgan fingerprint density at radius 2 is 1.20 bits per heavy atom. The number of hydrogen-bond donors (Lipinski definition) is 8. The van der Waals surface area contributed by atoms with Crippen molar-refractivity contribution in [2.24, 2.45) is 39.9 Å². The largest absolute Gasteiger partial charge is 0.480 e. The molecule has 2 saturated heterocycles. The van der Waals surface area contributed by atoms with Crippen LogP contribution in [0.15, 0.2) is 35.3 Å². The van der Waals surface area contributed by atoms with Gasteiger partial charge < -0.3 is 53.4 Å². The summed E-state index contributed by atoms with van der Waals surface area (Å²) in [6.45, 7) is 12.0. The van der Waals surface area contributed by atoms with E-state index in [-0.39, 0.29) is 74.2 Å². The van der Waals surface area contributed by atoms with E-state index < -0.39 is 71.9 Å². The van der Waals surface area contributed by atoms with Crippen LogP contribution in [0.5, 0.6) is 0 Å². The van der Waals surface area contributed by atoms with Crippen LogP contribution < -0.4 is 38.5 Å². The van der Waals surface area contributed by atoms with Gasteiger partial charge in [-0.3, -0.25) is 33.8 Å². The number of guanidine groups is 1. The molecule has 6 amide bonds. The quantitative estimate of drug-likeness (QED) is 0.0432. The Balaban J connectivity index is 1.76. The number of amides is 6. The van der Waals surface area contributed by atoms with Crippen molar-refractivity contribution in [3.05, 3.63) is 35.9 Å². The number of carbonyl (C=O) groups excluding carboxylic acids is 6. The molecule has 2 fully saturated rings. The lowest BCUT2D eigenvalue weighted by atomic mass is 9.99. The molecule has 0 aromatic heterocycles. The Bertz CT molecular complexity index is 1690. The summed E-state index contributed by atoms with van der Waals surface area (Å²) in [5.41, 5.74) is 18.2. The van der Waals surface area contributed by atoms with Gasteiger partial charge in [0.2, 0.25) is 35.4 Å². The molecule has 18 nitrogen and oxygen atoms in total. The molecule has 2 heterocycles. The summed E-state index contributed by atoms with van der Waals surface area (Å²) < 4.78 is 0. The summed E-state index contributed by atoms with van der Waals surface area (Å²) in [4.78, 5) is 102. The Kier molecular flexibility index (Phi) is 19.9. The molecule has 61 heavy (non-hydrogen) atoms. The smallest absolute Gasteiger partial charge is 0.326 e. The van der Waals surface area contributed by atoms with Crippen LogP contribution in [0.25, 0.3) is 0 Å². The molecule has 18 heteroatoms. The Morgan fingerprint density at radius 1 is 0.705 bits per heavy atom. The molecular formula is C43H70N10O8. The van der Waals surface area contributed by atoms with Gasteiger partial charge in [0.1, 0.15) is 36.3 Å². The minimum absolute atomic E-state index is 0.0402. The van der Waals surface area contributed by atoms with E-state index in [2.05, 4.69) is 26.3 Å². The third-order valence-electron chi connectivity index (χ3n) is 10.9. The Labute approximate surface area is 359 Å². The van der Waals surface area contributed by atoms with Crippen LogP contribution in [0, 0.1) is 17.8 Å². The summed E-state index contributed by atoms with van der Waals surface area (Å²) in [6.07, 6.45) is 3.24. The van der Waals surface area contributed by atoms with Gasteiger partial charge >= 0.3 is 5.97 Å². The van der Waals surface area contributed by atoms with Crippen molar-refractivity contribution in [2.75, 3.05) is 19.6 Å². The number of nitrogens with zero attached hydrogens (tertiary/aromatic N) is 3. The van der Waals surface area contributed by atoms with Crippen molar-refractivity contribution in [1.29, 1.82) is 0 Å². The van der Waals surface area contributed by atoms with Gasteiger partial charge in [0.05, 0.1) is 6.04 Å². The summed E-state index contributed by atoms with van der Waals surface area (Å²) in [5.74, 6) is -4.68. The van der Waals surface area contributed by atoms with Gasteiger partial charge in [-0.05, 0) is 87.5 Å². The van der Waals surface area contributed by atoms with E-state index in [9.17, 15) is 38.7 Å². The van der Waals surface area contributed by atoms with E-state index in [0.29, 0.717) is 45.2 Å². The van der Waals surface area contributed by atoms with E-state index in [0.717, 1.165) is 5.56 Å². The number of likely N-dealkylation sites (tertiary alicyclic amines) is 2. The topological polar surface area (TPSA) is 285 Å². The van der Waals surface area contributed by atoms with Gasteiger partial charge in [-0.25, -0.2) is 4.79 Å². The van der Waals surface area contributed by atoms with Gasteiger partial charge in [0.25, 0.3) is 0 Å². The molecule has 0 unspecified atom stereocenters. The van der Waals surface area contributed by atoms with E-state index in [1.54, 1.807) is 0 Å². The average Bonchev–Trinajstić information content (AvgIpc) is 3.88. The SMILES string of the molecule is CC(C)C[C@H](NC(=O)[C@H](CCCN=C(N)N)NC(=O)[C@H](CC(C)C)NC(=O)[C@H](CC(C)C)NC(=O)[C@@H]1CCCN1C(=O)[C@@H]1CCCN1C(=O)[C@@H](N)Cc1ccccc1)C(=O)O. The highest BCUT2D eigenvalue weighted by Gasteiger charge is 2.44. The molecule has 1 aromatic carbocycles. The van der Waals surface area contributed by atoms with Crippen molar-refractivity contribution in [2.45, 2.75) is 148 Å². The first-order valence-corrected chi connectivity index (χ1v) is 21.7. The van der Waals surface area contributed by atoms with Crippen molar-refractivity contribution in [3.8, 4) is 0 Å². The number of aliphatic imine (C=N–C) groups is 1. The van der Waals surface area contributed by atoms with E-state index >= 15 is 0 Å². The lowest BCUT2D eigenvalue weighted by Crippen LogP contribution is -2.59. The van der Waals surface area contributed by atoms with Crippen molar-refractivity contribution >= 4 is 47.4 Å². The summed E-state index contributed by atoms with van der Waals surface area (Å²) >= 11 is 0. The fraction of sp³-hybridized carbons (Fsp3) is 0.674. The third-order valence-corrected chi connectivity index (χ3v) is 10.9. The molecule has 2 aliphatic rings. The maximum atomic E-state index is 14.1. The summed E-state index contributed by atoms with van der Waals surface area (Å²) in [7, 11) is 0. The number of hydrogen-bond acceptors (Lipinski definition) is 9. The fourth-order valence-electron chi connectivity index (χ4n) is 7.91. The van der Waals surface area contributed by atoms with E-state index in [4.69, 9.17) is 17.2 Å². The second-order valence-corrected chi connectivity index (χ2v) is 17.6. The first kappa shape index (κ1) is 50.1. The third kappa shape index (κ3) is 15.9. The Morgan fingerprint density at radius 3 is 1.75 bits per heavy atom. The van der Waals surface area contributed by atoms with Crippen molar-refractivity contribution < 1.29 is 38.7 Å². The first-order chi connectivity index (χ1) is 28.8. The average molecular weight is 855 g/mol. The second kappa shape index (κ2) is 24.3. The monoisotopic (exact) mass is 855 g/mol. The summed E-state index contributed by atoms with van der Waals surface area (Å²) in [5, 5.41) is 20.7. The highest BCUT2D eigenvalue weighted by atomic mass is 16.4.